The third kappa shape index (κ3) is 4.79. The summed E-state index contributed by atoms with van der Waals surface area (Å²) in [6.45, 7) is 0.682. The minimum atomic E-state index is -0.275. The zero-order valence-corrected chi connectivity index (χ0v) is 16.0. The number of hydrogen-bond donors (Lipinski definition) is 1. The second kappa shape index (κ2) is 9.33. The fraction of sp³-hybridized carbons (Fsp3) is 0.0909. The number of nitrogens with zero attached hydrogens (tertiary/aromatic N) is 4. The molecule has 1 aromatic heterocycles. The van der Waals surface area contributed by atoms with Gasteiger partial charge >= 0.3 is 0 Å². The molecule has 8 nitrogen and oxygen atoms in total. The van der Waals surface area contributed by atoms with E-state index in [9.17, 15) is 4.79 Å². The Morgan fingerprint density at radius 2 is 1.70 bits per heavy atom. The molecule has 3 aromatic carbocycles. The largest absolute Gasteiger partial charge is 0.490 e. The van der Waals surface area contributed by atoms with E-state index >= 15 is 0 Å². The monoisotopic (exact) mass is 401 g/mol. The summed E-state index contributed by atoms with van der Waals surface area (Å²) in [4.78, 5) is 12.8. The van der Waals surface area contributed by atoms with Crippen LogP contribution in [-0.2, 0) is 0 Å². The van der Waals surface area contributed by atoms with E-state index in [1.807, 2.05) is 48.5 Å². The first kappa shape index (κ1) is 19.1. The van der Waals surface area contributed by atoms with Crippen LogP contribution in [0.25, 0.3) is 5.69 Å². The fourth-order valence-corrected chi connectivity index (χ4v) is 2.81. The number of ether oxygens (including phenoxy) is 2. The first-order valence-corrected chi connectivity index (χ1v) is 9.34. The van der Waals surface area contributed by atoms with E-state index in [-0.39, 0.29) is 5.91 Å². The van der Waals surface area contributed by atoms with Gasteiger partial charge in [0.2, 0.25) is 0 Å². The molecular weight excluding hydrogens is 382 g/mol. The van der Waals surface area contributed by atoms with Gasteiger partial charge in [0, 0.05) is 5.69 Å². The molecule has 0 fully saturated rings. The standard InChI is InChI=1S/C22H19N5O3/c28-22(24-17-7-6-8-18(15-17)27-16-23-25-26-27)20-11-4-5-12-21(20)30-14-13-29-19-9-2-1-3-10-19/h1-12,15-16H,13-14H2,(H,24,28). The number of carbonyl (C=O) groups is 1. The molecule has 4 aromatic rings. The molecule has 0 bridgehead atoms. The van der Waals surface area contributed by atoms with Crippen LogP contribution in [0.15, 0.2) is 85.2 Å². The molecule has 8 heteroatoms. The average Bonchev–Trinajstić information content (AvgIpc) is 3.33. The molecule has 1 N–H and O–H groups in total. The highest BCUT2D eigenvalue weighted by atomic mass is 16.5. The third-order valence-corrected chi connectivity index (χ3v) is 4.20. The van der Waals surface area contributed by atoms with Gasteiger partial charge in [-0.05, 0) is 52.9 Å². The van der Waals surface area contributed by atoms with Gasteiger partial charge in [0.1, 0.15) is 31.0 Å². The number of aromatic nitrogens is 4. The number of nitrogens with one attached hydrogen (secondary N) is 1. The Balaban J connectivity index is 1.39. The summed E-state index contributed by atoms with van der Waals surface area (Å²) in [5.41, 5.74) is 1.79. The van der Waals surface area contributed by atoms with Crippen molar-refractivity contribution in [3.05, 3.63) is 90.8 Å². The van der Waals surface area contributed by atoms with Gasteiger partial charge in [-0.2, -0.15) is 0 Å². The number of tetrazole rings is 1. The van der Waals surface area contributed by atoms with Crippen LogP contribution in [0.4, 0.5) is 5.69 Å². The minimum absolute atomic E-state index is 0.275. The molecule has 150 valence electrons. The fourth-order valence-electron chi connectivity index (χ4n) is 2.81. The maximum atomic E-state index is 12.8. The summed E-state index contributed by atoms with van der Waals surface area (Å²) in [5.74, 6) is 0.987. The zero-order valence-electron chi connectivity index (χ0n) is 16.0. The Kier molecular flexibility index (Phi) is 5.95. The van der Waals surface area contributed by atoms with E-state index < -0.39 is 0 Å². The van der Waals surface area contributed by atoms with Gasteiger partial charge in [0.25, 0.3) is 5.91 Å². The summed E-state index contributed by atoms with van der Waals surface area (Å²) in [6, 6.07) is 23.8. The molecule has 0 saturated heterocycles. The van der Waals surface area contributed by atoms with Crippen LogP contribution in [0.5, 0.6) is 11.5 Å². The lowest BCUT2D eigenvalue weighted by Crippen LogP contribution is -2.15. The lowest BCUT2D eigenvalue weighted by Gasteiger charge is -2.13. The molecule has 0 aliphatic heterocycles. The molecule has 0 atom stereocenters. The van der Waals surface area contributed by atoms with E-state index in [0.29, 0.717) is 30.2 Å². The van der Waals surface area contributed by atoms with Gasteiger partial charge in [0.05, 0.1) is 11.3 Å². The van der Waals surface area contributed by atoms with Crippen LogP contribution >= 0.6 is 0 Å². The lowest BCUT2D eigenvalue weighted by atomic mass is 10.2. The molecule has 0 radical (unpaired) electrons. The molecule has 1 amide bonds. The number of anilines is 1. The van der Waals surface area contributed by atoms with Crippen LogP contribution in [0.3, 0.4) is 0 Å². The Hall–Kier alpha value is -4.20. The Morgan fingerprint density at radius 3 is 2.53 bits per heavy atom. The van der Waals surface area contributed by atoms with Crippen molar-refractivity contribution in [1.82, 2.24) is 20.2 Å². The molecule has 1 heterocycles. The van der Waals surface area contributed by atoms with Crippen molar-refractivity contribution in [3.8, 4) is 17.2 Å². The van der Waals surface area contributed by atoms with Crippen molar-refractivity contribution >= 4 is 11.6 Å². The number of benzene rings is 3. The summed E-state index contributed by atoms with van der Waals surface area (Å²) in [7, 11) is 0. The van der Waals surface area contributed by atoms with Gasteiger partial charge in [0.15, 0.2) is 0 Å². The van der Waals surface area contributed by atoms with Crippen LogP contribution < -0.4 is 14.8 Å². The molecule has 0 aliphatic rings. The third-order valence-electron chi connectivity index (χ3n) is 4.20. The Morgan fingerprint density at radius 1 is 0.900 bits per heavy atom. The van der Waals surface area contributed by atoms with Gasteiger partial charge in [-0.1, -0.05) is 36.4 Å². The van der Waals surface area contributed by atoms with Crippen LogP contribution in [0.1, 0.15) is 10.4 Å². The van der Waals surface area contributed by atoms with Gasteiger partial charge in [-0.3, -0.25) is 4.79 Å². The number of carbonyl (C=O) groups excluding carboxylic acids is 1. The number of hydrogen-bond acceptors (Lipinski definition) is 6. The highest BCUT2D eigenvalue weighted by Crippen LogP contribution is 2.21. The minimum Gasteiger partial charge on any atom is -0.490 e. The van der Waals surface area contributed by atoms with E-state index in [1.165, 1.54) is 11.0 Å². The molecule has 0 unspecified atom stereocenters. The molecule has 4 rings (SSSR count). The van der Waals surface area contributed by atoms with Crippen LogP contribution in [0.2, 0.25) is 0 Å². The smallest absolute Gasteiger partial charge is 0.259 e. The maximum absolute atomic E-state index is 12.8. The maximum Gasteiger partial charge on any atom is 0.259 e. The zero-order chi connectivity index (χ0) is 20.6. The first-order valence-electron chi connectivity index (χ1n) is 9.34. The SMILES string of the molecule is O=C(Nc1cccc(-n2cnnn2)c1)c1ccccc1OCCOc1ccccc1. The summed E-state index contributed by atoms with van der Waals surface area (Å²) in [5, 5.41) is 14.0. The van der Waals surface area contributed by atoms with E-state index in [2.05, 4.69) is 20.8 Å². The molecule has 0 saturated carbocycles. The predicted octanol–water partition coefficient (Wildman–Crippen LogP) is 3.37. The summed E-state index contributed by atoms with van der Waals surface area (Å²) in [6.07, 6.45) is 1.49. The van der Waals surface area contributed by atoms with Crippen molar-refractivity contribution in [3.63, 3.8) is 0 Å². The highest BCUT2D eigenvalue weighted by Gasteiger charge is 2.13. The Labute approximate surface area is 173 Å². The second-order valence-electron chi connectivity index (χ2n) is 6.26. The molecule has 0 aliphatic carbocycles. The average molecular weight is 401 g/mol. The van der Waals surface area contributed by atoms with Crippen molar-refractivity contribution in [2.24, 2.45) is 0 Å². The number of rotatable bonds is 8. The highest BCUT2D eigenvalue weighted by molar-refractivity contribution is 6.06. The molecule has 0 spiro atoms. The van der Waals surface area contributed by atoms with Crippen molar-refractivity contribution < 1.29 is 14.3 Å². The topological polar surface area (TPSA) is 91.2 Å². The van der Waals surface area contributed by atoms with Crippen LogP contribution in [0, 0.1) is 0 Å². The normalized spacial score (nSPS) is 10.4. The van der Waals surface area contributed by atoms with E-state index in [0.717, 1.165) is 11.4 Å². The van der Waals surface area contributed by atoms with Crippen molar-refractivity contribution in [2.45, 2.75) is 0 Å². The van der Waals surface area contributed by atoms with E-state index in [4.69, 9.17) is 9.47 Å². The lowest BCUT2D eigenvalue weighted by molar-refractivity contribution is 0.102. The molecular formula is C22H19N5O3. The number of amides is 1. The first-order chi connectivity index (χ1) is 14.8. The summed E-state index contributed by atoms with van der Waals surface area (Å²) < 4.78 is 12.9. The van der Waals surface area contributed by atoms with Gasteiger partial charge in [-0.25, -0.2) is 4.68 Å². The van der Waals surface area contributed by atoms with E-state index in [1.54, 1.807) is 30.3 Å². The quantitative estimate of drug-likeness (QED) is 0.455. The van der Waals surface area contributed by atoms with Crippen molar-refractivity contribution in [2.75, 3.05) is 18.5 Å². The Bertz CT molecular complexity index is 1100. The van der Waals surface area contributed by atoms with Gasteiger partial charge in [-0.15, -0.1) is 5.10 Å². The molecule has 30 heavy (non-hydrogen) atoms. The predicted molar refractivity (Wildman–Crippen MR) is 111 cm³/mol. The second-order valence-corrected chi connectivity index (χ2v) is 6.26. The van der Waals surface area contributed by atoms with Crippen LogP contribution in [-0.4, -0.2) is 39.3 Å². The van der Waals surface area contributed by atoms with Gasteiger partial charge < -0.3 is 14.8 Å². The summed E-state index contributed by atoms with van der Waals surface area (Å²) >= 11 is 0. The van der Waals surface area contributed by atoms with Crippen molar-refractivity contribution in [1.29, 1.82) is 0 Å². The number of para-hydroxylation sites is 2.